The molecule has 0 spiro atoms. The molecule has 0 aliphatic carbocycles. The lowest BCUT2D eigenvalue weighted by Gasteiger charge is -2.09. The van der Waals surface area contributed by atoms with E-state index in [2.05, 4.69) is 31.2 Å². The molecule has 0 bridgehead atoms. The zero-order valence-corrected chi connectivity index (χ0v) is 14.1. The maximum Gasteiger partial charge on any atom is 0.426 e. The summed E-state index contributed by atoms with van der Waals surface area (Å²) in [6, 6.07) is 7.54. The summed E-state index contributed by atoms with van der Waals surface area (Å²) < 4.78 is 5.01. The number of carbonyl (C=O) groups is 1. The molecule has 2 N–H and O–H groups in total. The third-order valence-electron chi connectivity index (χ3n) is 2.65. The van der Waals surface area contributed by atoms with Gasteiger partial charge in [0, 0.05) is 22.3 Å². The van der Waals surface area contributed by atoms with Crippen molar-refractivity contribution >= 4 is 44.3 Å². The fourth-order valence-electron chi connectivity index (χ4n) is 1.66. The van der Waals surface area contributed by atoms with Gasteiger partial charge in [0.25, 0.3) is 0 Å². The lowest BCUT2D eigenvalue weighted by molar-refractivity contribution is 0.155. The molecule has 0 aliphatic heterocycles. The number of hydrogen-bond donors (Lipinski definition) is 2. The zero-order chi connectivity index (χ0) is 17.0. The van der Waals surface area contributed by atoms with Crippen LogP contribution in [-0.4, -0.2) is 41.0 Å². The van der Waals surface area contributed by atoms with Gasteiger partial charge >= 0.3 is 6.09 Å². The Morgan fingerprint density at radius 3 is 2.83 bits per heavy atom. The second-order valence-electron chi connectivity index (χ2n) is 4.22. The first-order valence-corrected chi connectivity index (χ1v) is 9.38. The van der Waals surface area contributed by atoms with E-state index in [0.717, 1.165) is 10.8 Å². The average Bonchev–Trinajstić information content (AvgIpc) is 2.62. The molecule has 24 heavy (non-hydrogen) atoms. The molecule has 9 nitrogen and oxygen atoms in total. The van der Waals surface area contributed by atoms with Gasteiger partial charge in [-0.15, -0.1) is 10.0 Å². The monoisotopic (exact) mass is 369 g/mol. The predicted octanol–water partition coefficient (Wildman–Crippen LogP) is 2.76. The Kier molecular flexibility index (Phi) is 7.90. The lowest BCUT2D eigenvalue weighted by atomic mass is 10.2. The molecule has 1 aromatic carbocycles. The number of amides is 1. The average molecular weight is 369 g/mol. The van der Waals surface area contributed by atoms with Crippen molar-refractivity contribution in [3.8, 4) is 0 Å². The van der Waals surface area contributed by atoms with E-state index < -0.39 is 6.09 Å². The van der Waals surface area contributed by atoms with Crippen molar-refractivity contribution in [2.24, 2.45) is 5.34 Å². The van der Waals surface area contributed by atoms with Gasteiger partial charge in [-0.2, -0.15) is 5.10 Å². The molecule has 0 atom stereocenters. The first-order valence-electron chi connectivity index (χ1n) is 6.89. The molecule has 2 rings (SSSR count). The molecule has 0 unspecified atom stereocenters. The van der Waals surface area contributed by atoms with E-state index in [4.69, 9.17) is 4.74 Å². The Bertz CT molecular complexity index is 670. The summed E-state index contributed by atoms with van der Waals surface area (Å²) in [5.74, 6) is 1.68. The van der Waals surface area contributed by atoms with Crippen molar-refractivity contribution in [3.63, 3.8) is 0 Å². The summed E-state index contributed by atoms with van der Waals surface area (Å²) in [5.41, 5.74) is 5.11. The number of anilines is 1. The predicted molar refractivity (Wildman–Crippen MR) is 94.3 cm³/mol. The smallest absolute Gasteiger partial charge is 0.426 e. The Morgan fingerprint density at radius 1 is 1.21 bits per heavy atom. The number of benzene rings is 1. The van der Waals surface area contributed by atoms with Crippen LogP contribution in [0.5, 0.6) is 0 Å². The first-order chi connectivity index (χ1) is 11.8. The summed E-state index contributed by atoms with van der Waals surface area (Å²) in [5, 5.41) is 11.8. The number of hydrogen-bond acceptors (Lipinski definition) is 10. The van der Waals surface area contributed by atoms with Crippen LogP contribution in [0.4, 0.5) is 10.6 Å². The molecule has 1 amide bonds. The molecule has 0 saturated carbocycles. The van der Waals surface area contributed by atoms with Gasteiger partial charge in [-0.25, -0.2) is 10.2 Å². The zero-order valence-electron chi connectivity index (χ0n) is 12.5. The van der Waals surface area contributed by atoms with Gasteiger partial charge in [0.1, 0.15) is 13.2 Å². The quantitative estimate of drug-likeness (QED) is 0.282. The van der Waals surface area contributed by atoms with Gasteiger partial charge in [0.15, 0.2) is 11.2 Å². The topological polar surface area (TPSA) is 115 Å². The first kappa shape index (κ1) is 18.1. The Balaban J connectivity index is 1.63. The van der Waals surface area contributed by atoms with Gasteiger partial charge in [-0.3, -0.25) is 5.43 Å². The third-order valence-corrected chi connectivity index (χ3v) is 4.98. The minimum Gasteiger partial charge on any atom is -0.447 e. The second kappa shape index (κ2) is 10.5. The minimum atomic E-state index is -0.608. The molecule has 2 aromatic rings. The number of nitrogens with zero attached hydrogens (tertiary/aromatic N) is 3. The molecular weight excluding hydrogens is 354 g/mol. The van der Waals surface area contributed by atoms with Crippen LogP contribution in [0.25, 0.3) is 10.8 Å². The number of nitrogens with one attached hydrogen (secondary N) is 2. The number of hydrazine groups is 1. The maximum atomic E-state index is 11.6. The molecular formula is C13H15N5O4S2. The highest BCUT2D eigenvalue weighted by atomic mass is 33.1. The van der Waals surface area contributed by atoms with Crippen LogP contribution in [0.3, 0.4) is 0 Å². The molecule has 11 heteroatoms. The number of aromatic nitrogens is 2. The van der Waals surface area contributed by atoms with E-state index >= 15 is 0 Å². The van der Waals surface area contributed by atoms with Crippen LogP contribution in [0.15, 0.2) is 35.8 Å². The van der Waals surface area contributed by atoms with Gasteiger partial charge < -0.3 is 9.57 Å². The van der Waals surface area contributed by atoms with Crippen LogP contribution in [-0.2, 0) is 9.57 Å². The molecule has 1 aromatic heterocycles. The van der Waals surface area contributed by atoms with Crippen LogP contribution in [0.1, 0.15) is 0 Å². The summed E-state index contributed by atoms with van der Waals surface area (Å²) >= 11 is 0. The molecule has 128 valence electrons. The van der Waals surface area contributed by atoms with Crippen molar-refractivity contribution < 1.29 is 14.4 Å². The minimum absolute atomic E-state index is 0.249. The summed E-state index contributed by atoms with van der Waals surface area (Å²) in [6.07, 6.45) is 1.04. The van der Waals surface area contributed by atoms with E-state index in [-0.39, 0.29) is 13.2 Å². The summed E-state index contributed by atoms with van der Waals surface area (Å²) in [4.78, 5) is 25.6. The maximum absolute atomic E-state index is 11.6. The number of rotatable bonds is 10. The fraction of sp³-hybridized carbons (Fsp3) is 0.308. The van der Waals surface area contributed by atoms with E-state index in [1.165, 1.54) is 21.6 Å². The Labute approximate surface area is 145 Å². The van der Waals surface area contributed by atoms with Crippen LogP contribution in [0, 0.1) is 4.91 Å². The number of fused-ring (bicyclic) bond motifs is 1. The molecule has 0 fully saturated rings. The standard InChI is InChI=1S/C13H15N5O4S2/c19-13(21-5-7-23-24-8-6-22-18-20)17-16-12-11-4-2-1-3-10(11)9-14-15-12/h1-4,9H,5-8H2,(H,15,16)(H,17,19). The third kappa shape index (κ3) is 6.08. The van der Waals surface area contributed by atoms with Crippen LogP contribution >= 0.6 is 21.6 Å². The van der Waals surface area contributed by atoms with Crippen molar-refractivity contribution in [2.75, 3.05) is 30.1 Å². The second-order valence-corrected chi connectivity index (χ2v) is 6.92. The van der Waals surface area contributed by atoms with Gasteiger partial charge in [0.2, 0.25) is 0 Å². The van der Waals surface area contributed by atoms with Crippen molar-refractivity contribution in [1.29, 1.82) is 0 Å². The molecule has 1 heterocycles. The van der Waals surface area contributed by atoms with Crippen molar-refractivity contribution in [3.05, 3.63) is 35.4 Å². The number of ether oxygens (including phenoxy) is 1. The highest BCUT2D eigenvalue weighted by molar-refractivity contribution is 8.76. The van der Waals surface area contributed by atoms with E-state index in [0.29, 0.717) is 17.3 Å². The van der Waals surface area contributed by atoms with E-state index in [9.17, 15) is 9.70 Å². The normalized spacial score (nSPS) is 10.2. The highest BCUT2D eigenvalue weighted by Crippen LogP contribution is 2.20. The van der Waals surface area contributed by atoms with E-state index in [1.54, 1.807) is 6.20 Å². The van der Waals surface area contributed by atoms with Crippen LogP contribution in [0.2, 0.25) is 0 Å². The molecule has 0 aliphatic rings. The van der Waals surface area contributed by atoms with Gasteiger partial charge in [-0.1, -0.05) is 45.9 Å². The fourth-order valence-corrected chi connectivity index (χ4v) is 3.31. The Hall–Kier alpha value is -2.27. The number of carbonyl (C=O) groups excluding carboxylic acids is 1. The highest BCUT2D eigenvalue weighted by Gasteiger charge is 2.05. The largest absolute Gasteiger partial charge is 0.447 e. The van der Waals surface area contributed by atoms with Gasteiger partial charge in [0.05, 0.1) is 6.20 Å². The lowest BCUT2D eigenvalue weighted by Crippen LogP contribution is -2.31. The van der Waals surface area contributed by atoms with E-state index in [1.807, 2.05) is 24.3 Å². The van der Waals surface area contributed by atoms with Crippen molar-refractivity contribution in [2.45, 2.75) is 0 Å². The summed E-state index contributed by atoms with van der Waals surface area (Å²) in [6.45, 7) is 0.512. The molecule has 0 radical (unpaired) electrons. The van der Waals surface area contributed by atoms with Crippen LogP contribution < -0.4 is 10.9 Å². The summed E-state index contributed by atoms with van der Waals surface area (Å²) in [7, 11) is 3.01. The Morgan fingerprint density at radius 2 is 2.00 bits per heavy atom. The SMILES string of the molecule is O=NOCCSSCCOC(=O)NNc1nncc2ccccc12. The molecule has 0 saturated heterocycles. The van der Waals surface area contributed by atoms with Gasteiger partial charge in [-0.05, 0) is 0 Å². The van der Waals surface area contributed by atoms with Crippen molar-refractivity contribution in [1.82, 2.24) is 15.6 Å².